The first-order chi connectivity index (χ1) is 13.8. The molecule has 2 aliphatic heterocycles. The number of nitrogens with one attached hydrogen (secondary N) is 3. The van der Waals surface area contributed by atoms with Gasteiger partial charge in [-0.05, 0) is 39.0 Å². The summed E-state index contributed by atoms with van der Waals surface area (Å²) in [6, 6.07) is -1.37. The van der Waals surface area contributed by atoms with Crippen LogP contribution >= 0.6 is 0 Å². The Kier molecular flexibility index (Phi) is 6.77. The summed E-state index contributed by atoms with van der Waals surface area (Å²) in [5.41, 5.74) is -1.05. The van der Waals surface area contributed by atoms with E-state index in [1.165, 1.54) is 0 Å². The predicted octanol–water partition coefficient (Wildman–Crippen LogP) is 0.820. The highest BCUT2D eigenvalue weighted by molar-refractivity contribution is 6.06. The van der Waals surface area contributed by atoms with E-state index in [2.05, 4.69) is 16.0 Å². The molecular formula is C20H32N4O5. The van der Waals surface area contributed by atoms with Gasteiger partial charge in [0.25, 0.3) is 5.91 Å². The monoisotopic (exact) mass is 408 g/mol. The van der Waals surface area contributed by atoms with Crippen molar-refractivity contribution in [2.24, 2.45) is 0 Å². The second-order valence-corrected chi connectivity index (χ2v) is 8.44. The maximum atomic E-state index is 13.2. The van der Waals surface area contributed by atoms with Crippen LogP contribution in [-0.2, 0) is 19.1 Å². The molecule has 5 amide bonds. The molecule has 3 rings (SSSR count). The Morgan fingerprint density at radius 3 is 2.48 bits per heavy atom. The van der Waals surface area contributed by atoms with Gasteiger partial charge in [0.1, 0.15) is 11.6 Å². The number of ether oxygens (including phenoxy) is 1. The molecule has 0 bridgehead atoms. The van der Waals surface area contributed by atoms with E-state index in [0.29, 0.717) is 19.6 Å². The van der Waals surface area contributed by atoms with E-state index >= 15 is 0 Å². The molecule has 0 spiro atoms. The Labute approximate surface area is 171 Å². The molecule has 2 saturated heterocycles. The first-order valence-electron chi connectivity index (χ1n) is 10.7. The van der Waals surface area contributed by atoms with E-state index in [0.717, 1.165) is 38.5 Å². The van der Waals surface area contributed by atoms with Crippen molar-refractivity contribution in [2.75, 3.05) is 13.2 Å². The molecule has 9 heteroatoms. The summed E-state index contributed by atoms with van der Waals surface area (Å²) in [6.07, 6.45) is 5.99. The molecular weight excluding hydrogens is 376 g/mol. The number of imide groups is 1. The van der Waals surface area contributed by atoms with Gasteiger partial charge in [0.05, 0.1) is 12.5 Å². The number of hydrogen-bond acceptors (Lipinski definition) is 5. The number of carbonyl (C=O) groups excluding carboxylic acids is 4. The van der Waals surface area contributed by atoms with Crippen LogP contribution in [0.25, 0.3) is 0 Å². The highest BCUT2D eigenvalue weighted by Crippen LogP contribution is 2.27. The molecule has 162 valence electrons. The number of rotatable bonds is 8. The van der Waals surface area contributed by atoms with E-state index < -0.39 is 23.5 Å². The molecule has 0 unspecified atom stereocenters. The van der Waals surface area contributed by atoms with Gasteiger partial charge in [0, 0.05) is 19.2 Å². The fourth-order valence-corrected chi connectivity index (χ4v) is 4.34. The van der Waals surface area contributed by atoms with E-state index in [1.54, 1.807) is 11.8 Å². The standard InChI is InChI=1S/C20H32N4O5/c1-3-20(2,18(27)21-13-7-4-5-8-13)24(12-14-9-6-10-29-14)16(25)11-15-17(26)23-19(28)22-15/h13-15H,3-12H2,1-2H3,(H,21,27)(H2,22,23,26,28)/t14-,15+,20+/m0/s1. The lowest BCUT2D eigenvalue weighted by Gasteiger charge is -2.41. The van der Waals surface area contributed by atoms with Gasteiger partial charge in [0.15, 0.2) is 0 Å². The van der Waals surface area contributed by atoms with Gasteiger partial charge in [-0.3, -0.25) is 19.7 Å². The third kappa shape index (κ3) is 4.88. The lowest BCUT2D eigenvalue weighted by Crippen LogP contribution is -2.61. The van der Waals surface area contributed by atoms with Gasteiger partial charge in [-0.2, -0.15) is 0 Å². The zero-order valence-corrected chi connectivity index (χ0v) is 17.3. The van der Waals surface area contributed by atoms with Crippen molar-refractivity contribution in [1.29, 1.82) is 0 Å². The largest absolute Gasteiger partial charge is 0.376 e. The van der Waals surface area contributed by atoms with Crippen LogP contribution in [0, 0.1) is 0 Å². The summed E-state index contributed by atoms with van der Waals surface area (Å²) in [5.74, 6) is -1.03. The van der Waals surface area contributed by atoms with E-state index in [9.17, 15) is 19.2 Å². The zero-order valence-electron chi connectivity index (χ0n) is 17.3. The number of carbonyl (C=O) groups is 4. The van der Waals surface area contributed by atoms with Crippen LogP contribution < -0.4 is 16.0 Å². The number of nitrogens with zero attached hydrogens (tertiary/aromatic N) is 1. The molecule has 29 heavy (non-hydrogen) atoms. The Hall–Kier alpha value is -2.16. The van der Waals surface area contributed by atoms with Gasteiger partial charge in [-0.25, -0.2) is 4.79 Å². The Balaban J connectivity index is 1.77. The highest BCUT2D eigenvalue weighted by Gasteiger charge is 2.44. The first kappa shape index (κ1) is 21.5. The van der Waals surface area contributed by atoms with Crippen molar-refractivity contribution in [2.45, 2.75) is 88.9 Å². The minimum Gasteiger partial charge on any atom is -0.376 e. The van der Waals surface area contributed by atoms with Crippen LogP contribution in [0.15, 0.2) is 0 Å². The van der Waals surface area contributed by atoms with Gasteiger partial charge in [-0.1, -0.05) is 19.8 Å². The summed E-state index contributed by atoms with van der Waals surface area (Å²) >= 11 is 0. The van der Waals surface area contributed by atoms with Crippen molar-refractivity contribution in [3.63, 3.8) is 0 Å². The quantitative estimate of drug-likeness (QED) is 0.514. The summed E-state index contributed by atoms with van der Waals surface area (Å²) < 4.78 is 5.72. The van der Waals surface area contributed by atoms with Gasteiger partial charge in [-0.15, -0.1) is 0 Å². The third-order valence-corrected chi connectivity index (χ3v) is 6.41. The molecule has 9 nitrogen and oxygen atoms in total. The lowest BCUT2D eigenvalue weighted by molar-refractivity contribution is -0.150. The minimum atomic E-state index is -1.05. The number of urea groups is 1. The fourth-order valence-electron chi connectivity index (χ4n) is 4.34. The van der Waals surface area contributed by atoms with E-state index in [-0.39, 0.29) is 30.4 Å². The maximum absolute atomic E-state index is 13.2. The molecule has 3 atom stereocenters. The molecule has 0 aromatic rings. The molecule has 3 fully saturated rings. The number of hydrogen-bond donors (Lipinski definition) is 3. The minimum absolute atomic E-state index is 0.129. The molecule has 3 aliphatic rings. The normalized spacial score (nSPS) is 26.7. The highest BCUT2D eigenvalue weighted by atomic mass is 16.5. The van der Waals surface area contributed by atoms with Crippen molar-refractivity contribution < 1.29 is 23.9 Å². The summed E-state index contributed by atoms with van der Waals surface area (Å²) in [6.45, 7) is 4.60. The first-order valence-corrected chi connectivity index (χ1v) is 10.7. The van der Waals surface area contributed by atoms with Crippen LogP contribution in [-0.4, -0.2) is 65.5 Å². The van der Waals surface area contributed by atoms with Crippen LogP contribution in [0.3, 0.4) is 0 Å². The van der Waals surface area contributed by atoms with Crippen molar-refractivity contribution in [3.05, 3.63) is 0 Å². The molecule has 0 radical (unpaired) electrons. The number of amides is 5. The smallest absolute Gasteiger partial charge is 0.322 e. The van der Waals surface area contributed by atoms with Crippen LogP contribution in [0.5, 0.6) is 0 Å². The predicted molar refractivity (Wildman–Crippen MR) is 105 cm³/mol. The summed E-state index contributed by atoms with van der Waals surface area (Å²) in [7, 11) is 0. The SMILES string of the molecule is CC[C@](C)(C(=O)NC1CCCC1)N(C[C@@H]1CCCO1)C(=O)C[C@H]1NC(=O)NC1=O. The Bertz CT molecular complexity index is 657. The topological polar surface area (TPSA) is 117 Å². The van der Waals surface area contributed by atoms with Crippen LogP contribution in [0.1, 0.15) is 65.2 Å². The Morgan fingerprint density at radius 2 is 1.93 bits per heavy atom. The summed E-state index contributed by atoms with van der Waals surface area (Å²) in [5, 5.41) is 7.72. The lowest BCUT2D eigenvalue weighted by atomic mass is 9.92. The second kappa shape index (κ2) is 9.11. The van der Waals surface area contributed by atoms with E-state index in [4.69, 9.17) is 4.74 Å². The maximum Gasteiger partial charge on any atom is 0.322 e. The van der Waals surface area contributed by atoms with Crippen LogP contribution in [0.4, 0.5) is 4.79 Å². The summed E-state index contributed by atoms with van der Waals surface area (Å²) in [4.78, 5) is 51.3. The Morgan fingerprint density at radius 1 is 1.21 bits per heavy atom. The molecule has 1 aliphatic carbocycles. The molecule has 1 saturated carbocycles. The van der Waals surface area contributed by atoms with Gasteiger partial charge >= 0.3 is 6.03 Å². The van der Waals surface area contributed by atoms with Gasteiger partial charge in [0.2, 0.25) is 11.8 Å². The zero-order chi connectivity index (χ0) is 21.0. The fraction of sp³-hybridized carbons (Fsp3) is 0.800. The van der Waals surface area contributed by atoms with Crippen molar-refractivity contribution in [3.8, 4) is 0 Å². The molecule has 3 N–H and O–H groups in total. The van der Waals surface area contributed by atoms with E-state index in [1.807, 2.05) is 6.92 Å². The van der Waals surface area contributed by atoms with Gasteiger partial charge < -0.3 is 20.3 Å². The molecule has 0 aromatic carbocycles. The molecule has 2 heterocycles. The molecule has 0 aromatic heterocycles. The van der Waals surface area contributed by atoms with Crippen molar-refractivity contribution in [1.82, 2.24) is 20.9 Å². The second-order valence-electron chi connectivity index (χ2n) is 8.44. The van der Waals surface area contributed by atoms with Crippen LogP contribution in [0.2, 0.25) is 0 Å². The third-order valence-electron chi connectivity index (χ3n) is 6.41. The van der Waals surface area contributed by atoms with Crippen molar-refractivity contribution >= 4 is 23.8 Å². The average Bonchev–Trinajstić information content (AvgIpc) is 3.43. The average molecular weight is 408 g/mol.